The molecule has 1 heterocycles. The Kier molecular flexibility index (Phi) is 10.7. The zero-order chi connectivity index (χ0) is 31.0. The van der Waals surface area contributed by atoms with Gasteiger partial charge in [-0.3, -0.25) is 9.59 Å². The first kappa shape index (κ1) is 32.1. The van der Waals surface area contributed by atoms with Crippen LogP contribution >= 0.6 is 0 Å². The number of carbonyl (C=O) groups excluding carboxylic acids is 2. The van der Waals surface area contributed by atoms with Gasteiger partial charge in [-0.15, -0.1) is 5.10 Å². The van der Waals surface area contributed by atoms with E-state index in [0.717, 1.165) is 23.0 Å². The van der Waals surface area contributed by atoms with Crippen molar-refractivity contribution in [1.29, 1.82) is 0 Å². The van der Waals surface area contributed by atoms with Crippen molar-refractivity contribution < 1.29 is 63.4 Å². The third-order valence-corrected chi connectivity index (χ3v) is 4.98. The summed E-state index contributed by atoms with van der Waals surface area (Å²) in [7, 11) is 0. The van der Waals surface area contributed by atoms with Gasteiger partial charge in [-0.05, 0) is 24.3 Å². The van der Waals surface area contributed by atoms with Crippen LogP contribution in [0.5, 0.6) is 5.75 Å². The van der Waals surface area contributed by atoms with Crippen LogP contribution in [0.1, 0.15) is 32.8 Å². The van der Waals surface area contributed by atoms with Gasteiger partial charge < -0.3 is 14.8 Å². The summed E-state index contributed by atoms with van der Waals surface area (Å²) in [5, 5.41) is 8.83. The van der Waals surface area contributed by atoms with Gasteiger partial charge in [-0.1, -0.05) is 5.21 Å². The van der Waals surface area contributed by atoms with Crippen LogP contribution in [0.2, 0.25) is 0 Å². The minimum atomic E-state index is -4.67. The van der Waals surface area contributed by atoms with Crippen molar-refractivity contribution in [2.45, 2.75) is 12.5 Å². The number of nitrogens with zero attached hydrogens (tertiary/aromatic N) is 3. The van der Waals surface area contributed by atoms with Gasteiger partial charge in [0.2, 0.25) is 0 Å². The Bertz CT molecular complexity index is 1420. The van der Waals surface area contributed by atoms with E-state index in [1.165, 1.54) is 11.5 Å². The van der Waals surface area contributed by atoms with Gasteiger partial charge in [0.1, 0.15) is 31.3 Å². The second kappa shape index (κ2) is 14.0. The van der Waals surface area contributed by atoms with Crippen LogP contribution in [0.4, 0.5) is 39.5 Å². The number of aromatic nitrogens is 3. The van der Waals surface area contributed by atoms with E-state index in [4.69, 9.17) is 9.47 Å². The summed E-state index contributed by atoms with van der Waals surface area (Å²) in [5.74, 6) is -11.1. The van der Waals surface area contributed by atoms with E-state index in [1.807, 2.05) is 0 Å². The molecular formula is C23H18F9N5O5. The standard InChI is InChI=1S/C23H18F9N5O5/c24-3-4-40-5-6-41-16-7-11(21(38)33-10-23(30,31)32)1-2-15(16)37-9-14(34-36-37)22(39)35-42-20(29)12-8-13(25)18(27)19(28)17(12)26/h1-2,7-9,20H,3-6,10H2,(H,33,38)(H,35,39). The van der Waals surface area contributed by atoms with Gasteiger partial charge in [0.25, 0.3) is 18.2 Å². The van der Waals surface area contributed by atoms with Crippen LogP contribution in [-0.2, 0) is 9.57 Å². The average Bonchev–Trinajstić information content (AvgIpc) is 3.45. The zero-order valence-electron chi connectivity index (χ0n) is 20.8. The van der Waals surface area contributed by atoms with E-state index < -0.39 is 72.1 Å². The molecule has 228 valence electrons. The summed E-state index contributed by atoms with van der Waals surface area (Å²) in [6.07, 6.45) is -6.73. The van der Waals surface area contributed by atoms with Crippen molar-refractivity contribution in [3.63, 3.8) is 0 Å². The van der Waals surface area contributed by atoms with Crippen LogP contribution in [0.25, 0.3) is 5.69 Å². The molecule has 1 unspecified atom stereocenters. The number of amides is 2. The molecule has 2 amide bonds. The van der Waals surface area contributed by atoms with Gasteiger partial charge in [-0.25, -0.2) is 41.3 Å². The predicted molar refractivity (Wildman–Crippen MR) is 121 cm³/mol. The predicted octanol–water partition coefficient (Wildman–Crippen LogP) is 3.81. The number of carbonyl (C=O) groups is 2. The number of ether oxygens (including phenoxy) is 2. The summed E-state index contributed by atoms with van der Waals surface area (Å²) < 4.78 is 129. The molecule has 42 heavy (non-hydrogen) atoms. The van der Waals surface area contributed by atoms with E-state index in [0.29, 0.717) is 0 Å². The molecule has 0 aliphatic carbocycles. The molecule has 0 aliphatic rings. The van der Waals surface area contributed by atoms with Gasteiger partial charge in [0.15, 0.2) is 29.0 Å². The van der Waals surface area contributed by atoms with Crippen molar-refractivity contribution in [1.82, 2.24) is 25.8 Å². The number of rotatable bonds is 13. The second-order valence-electron chi connectivity index (χ2n) is 7.93. The minimum Gasteiger partial charge on any atom is -0.489 e. The van der Waals surface area contributed by atoms with Crippen molar-refractivity contribution in [3.8, 4) is 11.4 Å². The van der Waals surface area contributed by atoms with Gasteiger partial charge >= 0.3 is 6.18 Å². The number of hydrogen-bond acceptors (Lipinski definition) is 7. The summed E-state index contributed by atoms with van der Waals surface area (Å²) in [4.78, 5) is 28.7. The van der Waals surface area contributed by atoms with E-state index >= 15 is 0 Å². The van der Waals surface area contributed by atoms with E-state index in [9.17, 15) is 49.1 Å². The molecule has 0 saturated heterocycles. The highest BCUT2D eigenvalue weighted by Crippen LogP contribution is 2.27. The molecule has 0 radical (unpaired) electrons. The molecule has 1 atom stereocenters. The first-order valence-electron chi connectivity index (χ1n) is 11.4. The Morgan fingerprint density at radius 3 is 2.40 bits per heavy atom. The molecule has 0 aliphatic heterocycles. The summed E-state index contributed by atoms with van der Waals surface area (Å²) in [6.45, 7) is -2.96. The fraction of sp³-hybridized carbons (Fsp3) is 0.304. The number of nitrogens with one attached hydrogen (secondary N) is 2. The maximum atomic E-state index is 14.2. The number of halogens is 9. The molecule has 3 aromatic rings. The van der Waals surface area contributed by atoms with E-state index in [2.05, 4.69) is 15.1 Å². The third-order valence-electron chi connectivity index (χ3n) is 4.98. The molecule has 1 aromatic heterocycles. The number of benzene rings is 2. The normalized spacial score (nSPS) is 12.2. The molecule has 3 rings (SSSR count). The Hall–Kier alpha value is -4.39. The van der Waals surface area contributed by atoms with Crippen LogP contribution in [0.3, 0.4) is 0 Å². The summed E-state index contributed by atoms with van der Waals surface area (Å²) in [6, 6.07) is 3.30. The SMILES string of the molecule is O=C(NCC(F)(F)F)c1ccc(-n2cc(C(=O)NOC(F)c3cc(F)c(F)c(F)c3F)nn2)c(OCCOCCF)c1. The molecule has 0 spiro atoms. The van der Waals surface area contributed by atoms with Crippen molar-refractivity contribution in [2.24, 2.45) is 0 Å². The smallest absolute Gasteiger partial charge is 0.405 e. The lowest BCUT2D eigenvalue weighted by molar-refractivity contribution is -0.123. The molecule has 10 nitrogen and oxygen atoms in total. The first-order chi connectivity index (χ1) is 19.8. The topological polar surface area (TPSA) is 117 Å². The highest BCUT2D eigenvalue weighted by atomic mass is 19.4. The maximum Gasteiger partial charge on any atom is 0.405 e. The lowest BCUT2D eigenvalue weighted by atomic mass is 10.1. The Morgan fingerprint density at radius 1 is 0.976 bits per heavy atom. The van der Waals surface area contributed by atoms with Crippen LogP contribution in [0, 0.1) is 23.3 Å². The second-order valence-corrected chi connectivity index (χ2v) is 7.93. The van der Waals surface area contributed by atoms with Crippen LogP contribution in [0.15, 0.2) is 30.5 Å². The Balaban J connectivity index is 1.76. The highest BCUT2D eigenvalue weighted by molar-refractivity contribution is 5.95. The molecule has 2 N–H and O–H groups in total. The first-order valence-corrected chi connectivity index (χ1v) is 11.4. The lowest BCUT2D eigenvalue weighted by Gasteiger charge is -2.14. The molecule has 0 bridgehead atoms. The van der Waals surface area contributed by atoms with E-state index in [-0.39, 0.29) is 42.9 Å². The molecule has 0 fully saturated rings. The molecular weight excluding hydrogens is 597 g/mol. The quantitative estimate of drug-likeness (QED) is 0.0988. The third kappa shape index (κ3) is 8.32. The van der Waals surface area contributed by atoms with E-state index in [1.54, 1.807) is 5.32 Å². The summed E-state index contributed by atoms with van der Waals surface area (Å²) >= 11 is 0. The number of hydrogen-bond donors (Lipinski definition) is 2. The lowest BCUT2D eigenvalue weighted by Crippen LogP contribution is -2.33. The largest absolute Gasteiger partial charge is 0.489 e. The fourth-order valence-corrected chi connectivity index (χ4v) is 3.07. The molecule has 0 saturated carbocycles. The average molecular weight is 615 g/mol. The van der Waals surface area contributed by atoms with Gasteiger partial charge in [-0.2, -0.15) is 13.2 Å². The van der Waals surface area contributed by atoms with Gasteiger partial charge in [0.05, 0.1) is 25.0 Å². The monoisotopic (exact) mass is 615 g/mol. The molecule has 2 aromatic carbocycles. The van der Waals surface area contributed by atoms with Crippen molar-refractivity contribution in [3.05, 3.63) is 70.6 Å². The fourth-order valence-electron chi connectivity index (χ4n) is 3.07. The summed E-state index contributed by atoms with van der Waals surface area (Å²) in [5.41, 5.74) is -0.731. The van der Waals surface area contributed by atoms with Crippen molar-refractivity contribution in [2.75, 3.05) is 33.0 Å². The van der Waals surface area contributed by atoms with Gasteiger partial charge in [0, 0.05) is 5.56 Å². The van der Waals surface area contributed by atoms with Crippen LogP contribution < -0.4 is 15.5 Å². The Labute approximate surface area is 229 Å². The Morgan fingerprint density at radius 2 is 1.71 bits per heavy atom. The zero-order valence-corrected chi connectivity index (χ0v) is 20.8. The van der Waals surface area contributed by atoms with Crippen LogP contribution in [-0.4, -0.2) is 66.0 Å². The maximum absolute atomic E-state index is 14.2. The highest BCUT2D eigenvalue weighted by Gasteiger charge is 2.28. The minimum absolute atomic E-state index is 0.0111. The number of hydroxylamine groups is 1. The van der Waals surface area contributed by atoms with Crippen molar-refractivity contribution >= 4 is 11.8 Å². The molecule has 19 heteroatoms. The number of alkyl halides is 5.